The first-order valence-electron chi connectivity index (χ1n) is 7.52. The maximum atomic E-state index is 11.7. The van der Waals surface area contributed by atoms with Gasteiger partial charge in [-0.2, -0.15) is 5.10 Å². The number of carbonyl (C=O) groups is 2. The minimum Gasteiger partial charge on any atom is -0.352 e. The first kappa shape index (κ1) is 18.1. The van der Waals surface area contributed by atoms with Gasteiger partial charge in [-0.15, -0.1) is 0 Å². The van der Waals surface area contributed by atoms with Crippen molar-refractivity contribution in [2.45, 2.75) is 19.4 Å². The van der Waals surface area contributed by atoms with Crippen molar-refractivity contribution < 1.29 is 9.59 Å². The third kappa shape index (κ3) is 6.49. The van der Waals surface area contributed by atoms with Gasteiger partial charge in [0.15, 0.2) is 0 Å². The zero-order valence-electron chi connectivity index (χ0n) is 13.0. The number of benzene rings is 2. The maximum absolute atomic E-state index is 11.7. The monoisotopic (exact) mass is 435 g/mol. The summed E-state index contributed by atoms with van der Waals surface area (Å²) in [6, 6.07) is 17.3. The quantitative estimate of drug-likeness (QED) is 0.399. The predicted molar refractivity (Wildman–Crippen MR) is 102 cm³/mol. The highest BCUT2D eigenvalue weighted by Crippen LogP contribution is 2.08. The van der Waals surface area contributed by atoms with Crippen LogP contribution in [0.4, 0.5) is 0 Å². The van der Waals surface area contributed by atoms with E-state index in [0.717, 1.165) is 14.7 Å². The van der Waals surface area contributed by atoms with Gasteiger partial charge in [0.1, 0.15) is 0 Å². The zero-order chi connectivity index (χ0) is 17.2. The lowest BCUT2D eigenvalue weighted by Gasteiger charge is -2.05. The lowest BCUT2D eigenvalue weighted by molar-refractivity contribution is -0.126. The van der Waals surface area contributed by atoms with Crippen LogP contribution in [-0.2, 0) is 16.1 Å². The van der Waals surface area contributed by atoms with Crippen molar-refractivity contribution in [3.8, 4) is 0 Å². The third-order valence-corrected chi connectivity index (χ3v) is 4.19. The molecule has 0 heterocycles. The fraction of sp³-hybridized carbons (Fsp3) is 0.167. The van der Waals surface area contributed by atoms with Crippen LogP contribution in [0.25, 0.3) is 0 Å². The standard InChI is InChI=1S/C18H18IN3O2/c19-16-9-5-4-8-15(16)13-21-22-18(24)11-10-17(23)20-12-14-6-2-1-3-7-14/h1-9,13H,10-12H2,(H,20,23)(H,22,24)/b21-13+. The Morgan fingerprint density at radius 3 is 2.38 bits per heavy atom. The van der Waals surface area contributed by atoms with Gasteiger partial charge >= 0.3 is 0 Å². The summed E-state index contributed by atoms with van der Waals surface area (Å²) in [7, 11) is 0. The highest BCUT2D eigenvalue weighted by molar-refractivity contribution is 14.1. The second-order valence-corrected chi connectivity index (χ2v) is 6.24. The Balaban J connectivity index is 1.67. The van der Waals surface area contributed by atoms with Crippen molar-refractivity contribution in [1.29, 1.82) is 0 Å². The molecule has 0 saturated heterocycles. The number of rotatable bonds is 7. The molecular formula is C18H18IN3O2. The maximum Gasteiger partial charge on any atom is 0.240 e. The summed E-state index contributed by atoms with van der Waals surface area (Å²) in [5.41, 5.74) is 4.39. The normalized spacial score (nSPS) is 10.5. The van der Waals surface area contributed by atoms with Gasteiger partial charge in [-0.3, -0.25) is 9.59 Å². The van der Waals surface area contributed by atoms with Crippen molar-refractivity contribution in [3.63, 3.8) is 0 Å². The molecule has 0 radical (unpaired) electrons. The molecule has 0 spiro atoms. The second-order valence-electron chi connectivity index (χ2n) is 5.08. The van der Waals surface area contributed by atoms with Gasteiger partial charge in [0.25, 0.3) is 0 Å². The highest BCUT2D eigenvalue weighted by Gasteiger charge is 2.06. The lowest BCUT2D eigenvalue weighted by Crippen LogP contribution is -2.25. The van der Waals surface area contributed by atoms with Crippen LogP contribution in [0, 0.1) is 3.57 Å². The zero-order valence-corrected chi connectivity index (χ0v) is 15.2. The molecule has 2 N–H and O–H groups in total. The van der Waals surface area contributed by atoms with Crippen molar-refractivity contribution >= 4 is 40.6 Å². The number of hydrogen-bond donors (Lipinski definition) is 2. The van der Waals surface area contributed by atoms with Crippen LogP contribution in [0.15, 0.2) is 59.7 Å². The van der Waals surface area contributed by atoms with Crippen LogP contribution < -0.4 is 10.7 Å². The number of hydrazone groups is 1. The van der Waals surface area contributed by atoms with Crippen molar-refractivity contribution in [2.75, 3.05) is 0 Å². The minimum absolute atomic E-state index is 0.101. The molecule has 0 atom stereocenters. The van der Waals surface area contributed by atoms with Gasteiger partial charge in [-0.05, 0) is 34.2 Å². The number of halogens is 1. The van der Waals surface area contributed by atoms with Crippen molar-refractivity contribution in [3.05, 3.63) is 69.3 Å². The largest absolute Gasteiger partial charge is 0.352 e. The van der Waals surface area contributed by atoms with Crippen LogP contribution in [0.3, 0.4) is 0 Å². The summed E-state index contributed by atoms with van der Waals surface area (Å²) >= 11 is 2.20. The van der Waals surface area contributed by atoms with Crippen LogP contribution in [0.1, 0.15) is 24.0 Å². The Bertz CT molecular complexity index is 717. The minimum atomic E-state index is -0.285. The third-order valence-electron chi connectivity index (χ3n) is 3.21. The molecule has 24 heavy (non-hydrogen) atoms. The molecule has 6 heteroatoms. The number of nitrogens with zero attached hydrogens (tertiary/aromatic N) is 1. The van der Waals surface area contributed by atoms with Crippen LogP contribution in [0.5, 0.6) is 0 Å². The molecule has 0 fully saturated rings. The van der Waals surface area contributed by atoms with E-state index in [2.05, 4.69) is 38.4 Å². The molecule has 124 valence electrons. The van der Waals surface area contributed by atoms with E-state index in [1.807, 2.05) is 54.6 Å². The number of hydrogen-bond acceptors (Lipinski definition) is 3. The lowest BCUT2D eigenvalue weighted by atomic mass is 10.2. The molecule has 0 aliphatic carbocycles. The van der Waals surface area contributed by atoms with E-state index in [1.54, 1.807) is 6.21 Å². The Kier molecular flexibility index (Phi) is 7.41. The first-order chi connectivity index (χ1) is 11.6. The van der Waals surface area contributed by atoms with Crippen molar-refractivity contribution in [2.24, 2.45) is 5.10 Å². The van der Waals surface area contributed by atoms with Gasteiger partial charge < -0.3 is 5.32 Å². The summed E-state index contributed by atoms with van der Waals surface area (Å²) in [6.45, 7) is 0.464. The Morgan fingerprint density at radius 2 is 1.62 bits per heavy atom. The number of amides is 2. The summed E-state index contributed by atoms with van der Waals surface area (Å²) < 4.78 is 1.05. The fourth-order valence-electron chi connectivity index (χ4n) is 1.92. The Labute approximate surface area is 154 Å². The van der Waals surface area contributed by atoms with E-state index >= 15 is 0 Å². The molecule has 0 saturated carbocycles. The van der Waals surface area contributed by atoms with E-state index in [0.29, 0.717) is 6.54 Å². The molecule has 0 unspecified atom stereocenters. The molecule has 0 aromatic heterocycles. The second kappa shape index (κ2) is 9.82. The summed E-state index contributed by atoms with van der Waals surface area (Å²) in [5, 5.41) is 6.70. The molecule has 2 aromatic carbocycles. The molecule has 5 nitrogen and oxygen atoms in total. The summed E-state index contributed by atoms with van der Waals surface area (Å²) in [5.74, 6) is -0.442. The molecule has 2 aromatic rings. The van der Waals surface area contributed by atoms with Gasteiger partial charge in [0, 0.05) is 28.5 Å². The number of nitrogens with one attached hydrogen (secondary N) is 2. The fourth-order valence-corrected chi connectivity index (χ4v) is 2.45. The first-order valence-corrected chi connectivity index (χ1v) is 8.60. The molecule has 2 rings (SSSR count). The Morgan fingerprint density at radius 1 is 0.958 bits per heavy atom. The highest BCUT2D eigenvalue weighted by atomic mass is 127. The van der Waals surface area contributed by atoms with Gasteiger partial charge in [0.05, 0.1) is 6.21 Å². The molecule has 2 amide bonds. The van der Waals surface area contributed by atoms with Crippen LogP contribution >= 0.6 is 22.6 Å². The van der Waals surface area contributed by atoms with E-state index < -0.39 is 0 Å². The van der Waals surface area contributed by atoms with Gasteiger partial charge in [-0.1, -0.05) is 48.5 Å². The summed E-state index contributed by atoms with van der Waals surface area (Å²) in [4.78, 5) is 23.4. The average molecular weight is 435 g/mol. The van der Waals surface area contributed by atoms with Crippen molar-refractivity contribution in [1.82, 2.24) is 10.7 Å². The Hall–Kier alpha value is -2.22. The predicted octanol–water partition coefficient (Wildman–Crippen LogP) is 2.84. The van der Waals surface area contributed by atoms with Crippen LogP contribution in [0.2, 0.25) is 0 Å². The SMILES string of the molecule is O=C(CCC(=O)N/N=C/c1ccccc1I)NCc1ccccc1. The molecule has 0 aliphatic rings. The molecule has 0 aliphatic heterocycles. The van der Waals surface area contributed by atoms with E-state index in [-0.39, 0.29) is 24.7 Å². The topological polar surface area (TPSA) is 70.6 Å². The molecular weight excluding hydrogens is 417 g/mol. The van der Waals surface area contributed by atoms with E-state index in [1.165, 1.54) is 0 Å². The van der Waals surface area contributed by atoms with Gasteiger partial charge in [0.2, 0.25) is 11.8 Å². The summed E-state index contributed by atoms with van der Waals surface area (Å²) in [6.07, 6.45) is 1.83. The van der Waals surface area contributed by atoms with Gasteiger partial charge in [-0.25, -0.2) is 5.43 Å². The van der Waals surface area contributed by atoms with E-state index in [4.69, 9.17) is 0 Å². The molecule has 0 bridgehead atoms. The number of carbonyl (C=O) groups excluding carboxylic acids is 2. The van der Waals surface area contributed by atoms with E-state index in [9.17, 15) is 9.59 Å². The smallest absolute Gasteiger partial charge is 0.240 e. The average Bonchev–Trinajstić information content (AvgIpc) is 2.61. The van der Waals surface area contributed by atoms with Crippen LogP contribution in [-0.4, -0.2) is 18.0 Å².